The summed E-state index contributed by atoms with van der Waals surface area (Å²) in [5.74, 6) is 0.659. The van der Waals surface area contributed by atoms with E-state index >= 15 is 0 Å². The average molecular weight is 250 g/mol. The van der Waals surface area contributed by atoms with Gasteiger partial charge in [-0.15, -0.1) is 0 Å². The van der Waals surface area contributed by atoms with Gasteiger partial charge in [-0.25, -0.2) is 0 Å². The van der Waals surface area contributed by atoms with Gasteiger partial charge in [-0.3, -0.25) is 0 Å². The van der Waals surface area contributed by atoms with Crippen LogP contribution in [-0.2, 0) is 6.54 Å². The monoisotopic (exact) mass is 250 g/mol. The van der Waals surface area contributed by atoms with E-state index in [0.717, 1.165) is 13.1 Å². The zero-order chi connectivity index (χ0) is 13.5. The van der Waals surface area contributed by atoms with Crippen LogP contribution in [0.25, 0.3) is 0 Å². The zero-order valence-corrected chi connectivity index (χ0v) is 12.0. The summed E-state index contributed by atoms with van der Waals surface area (Å²) in [5.41, 5.74) is 2.47. The molecule has 0 aliphatic carbocycles. The van der Waals surface area contributed by atoms with Crippen LogP contribution in [0.3, 0.4) is 0 Å². The molecule has 0 saturated heterocycles. The van der Waals surface area contributed by atoms with Crippen LogP contribution in [0, 0.1) is 5.92 Å². The van der Waals surface area contributed by atoms with Crippen molar-refractivity contribution in [2.45, 2.75) is 33.4 Å². The highest BCUT2D eigenvalue weighted by Gasteiger charge is 2.12. The molecule has 1 atom stereocenters. The fourth-order valence-corrected chi connectivity index (χ4v) is 1.86. The maximum atomic E-state index is 9.25. The van der Waals surface area contributed by atoms with Crippen LogP contribution in [0.15, 0.2) is 24.3 Å². The Balaban J connectivity index is 2.73. The molecule has 0 amide bonds. The molecule has 1 unspecified atom stereocenters. The van der Waals surface area contributed by atoms with Crippen molar-refractivity contribution in [2.24, 2.45) is 5.92 Å². The van der Waals surface area contributed by atoms with Gasteiger partial charge in [0.1, 0.15) is 0 Å². The van der Waals surface area contributed by atoms with Crippen LogP contribution in [-0.4, -0.2) is 31.3 Å². The van der Waals surface area contributed by atoms with Crippen LogP contribution in [0.4, 0.5) is 5.69 Å². The Hall–Kier alpha value is -1.06. The summed E-state index contributed by atoms with van der Waals surface area (Å²) in [6, 6.07) is 8.49. The smallest absolute Gasteiger partial charge is 0.0632 e. The van der Waals surface area contributed by atoms with Crippen molar-refractivity contribution in [1.82, 2.24) is 5.32 Å². The molecular formula is C15H26N2O. The van der Waals surface area contributed by atoms with E-state index in [2.05, 4.69) is 42.3 Å². The molecule has 1 aromatic rings. The Kier molecular flexibility index (Phi) is 6.16. The van der Waals surface area contributed by atoms with E-state index < -0.39 is 0 Å². The van der Waals surface area contributed by atoms with Gasteiger partial charge in [-0.2, -0.15) is 0 Å². The van der Waals surface area contributed by atoms with Gasteiger partial charge in [0, 0.05) is 25.3 Å². The summed E-state index contributed by atoms with van der Waals surface area (Å²) in [4.78, 5) is 2.13. The summed E-state index contributed by atoms with van der Waals surface area (Å²) in [5, 5.41) is 12.7. The van der Waals surface area contributed by atoms with Gasteiger partial charge in [-0.1, -0.05) is 32.0 Å². The van der Waals surface area contributed by atoms with Crippen molar-refractivity contribution in [3.8, 4) is 0 Å². The normalized spacial score (nSPS) is 12.8. The lowest BCUT2D eigenvalue weighted by Gasteiger charge is -2.28. The summed E-state index contributed by atoms with van der Waals surface area (Å²) >= 11 is 0. The first-order valence-corrected chi connectivity index (χ1v) is 6.68. The molecular weight excluding hydrogens is 224 g/mol. The lowest BCUT2D eigenvalue weighted by Crippen LogP contribution is -2.33. The minimum Gasteiger partial charge on any atom is -0.394 e. The number of hydrogen-bond donors (Lipinski definition) is 2. The number of benzene rings is 1. The Labute approximate surface area is 111 Å². The van der Waals surface area contributed by atoms with Crippen molar-refractivity contribution >= 4 is 5.69 Å². The molecule has 0 saturated carbocycles. The van der Waals surface area contributed by atoms with E-state index in [4.69, 9.17) is 0 Å². The molecule has 3 nitrogen and oxygen atoms in total. The van der Waals surface area contributed by atoms with E-state index in [-0.39, 0.29) is 12.6 Å². The number of aliphatic hydroxyl groups excluding tert-OH is 1. The molecule has 1 rings (SSSR count). The molecule has 0 radical (unpaired) electrons. The quantitative estimate of drug-likeness (QED) is 0.779. The Bertz CT molecular complexity index is 352. The highest BCUT2D eigenvalue weighted by molar-refractivity contribution is 5.53. The number of likely N-dealkylation sites (N-methyl/N-ethyl adjacent to an activating group) is 1. The maximum Gasteiger partial charge on any atom is 0.0632 e. The molecule has 0 heterocycles. The number of para-hydroxylation sites is 1. The fraction of sp³-hybridized carbons (Fsp3) is 0.600. The van der Waals surface area contributed by atoms with Crippen LogP contribution in [0.1, 0.15) is 26.3 Å². The molecule has 0 spiro atoms. The number of aliphatic hydroxyl groups is 1. The van der Waals surface area contributed by atoms with Gasteiger partial charge in [-0.05, 0) is 31.0 Å². The number of nitrogens with one attached hydrogen (secondary N) is 1. The van der Waals surface area contributed by atoms with E-state index in [1.165, 1.54) is 11.3 Å². The SMILES string of the molecule is CC(C)CNCc1ccccc1N(C)C(C)CO. The van der Waals surface area contributed by atoms with Gasteiger partial charge < -0.3 is 15.3 Å². The predicted octanol–water partition coefficient (Wildman–Crippen LogP) is 2.25. The second-order valence-corrected chi connectivity index (χ2v) is 5.30. The average Bonchev–Trinajstić information content (AvgIpc) is 2.37. The largest absolute Gasteiger partial charge is 0.394 e. The molecule has 0 aromatic heterocycles. The highest BCUT2D eigenvalue weighted by Crippen LogP contribution is 2.20. The Morgan fingerprint density at radius 1 is 1.22 bits per heavy atom. The standard InChI is InChI=1S/C15H26N2O/c1-12(2)9-16-10-14-7-5-6-8-15(14)17(4)13(3)11-18/h5-8,12-13,16,18H,9-11H2,1-4H3. The van der Waals surface area contributed by atoms with Crippen LogP contribution >= 0.6 is 0 Å². The van der Waals surface area contributed by atoms with Gasteiger partial charge in [0.15, 0.2) is 0 Å². The molecule has 2 N–H and O–H groups in total. The molecule has 3 heteroatoms. The summed E-state index contributed by atoms with van der Waals surface area (Å²) in [7, 11) is 2.03. The number of nitrogens with zero attached hydrogens (tertiary/aromatic N) is 1. The van der Waals surface area contributed by atoms with Crippen LogP contribution in [0.2, 0.25) is 0 Å². The minimum absolute atomic E-state index is 0.135. The van der Waals surface area contributed by atoms with Crippen molar-refractivity contribution in [3.05, 3.63) is 29.8 Å². The van der Waals surface area contributed by atoms with Gasteiger partial charge in [0.05, 0.1) is 6.61 Å². The lowest BCUT2D eigenvalue weighted by molar-refractivity contribution is 0.270. The number of hydrogen-bond acceptors (Lipinski definition) is 3. The van der Waals surface area contributed by atoms with Crippen molar-refractivity contribution < 1.29 is 5.11 Å². The third kappa shape index (κ3) is 4.31. The van der Waals surface area contributed by atoms with Gasteiger partial charge >= 0.3 is 0 Å². The minimum atomic E-state index is 0.135. The molecule has 18 heavy (non-hydrogen) atoms. The van der Waals surface area contributed by atoms with E-state index in [0.29, 0.717) is 5.92 Å². The van der Waals surface area contributed by atoms with Gasteiger partial charge in [0.25, 0.3) is 0 Å². The van der Waals surface area contributed by atoms with E-state index in [1.807, 2.05) is 20.0 Å². The van der Waals surface area contributed by atoms with Gasteiger partial charge in [0.2, 0.25) is 0 Å². The van der Waals surface area contributed by atoms with Crippen molar-refractivity contribution in [1.29, 1.82) is 0 Å². The first-order valence-electron chi connectivity index (χ1n) is 6.68. The summed E-state index contributed by atoms with van der Waals surface area (Å²) in [6.07, 6.45) is 0. The maximum absolute atomic E-state index is 9.25. The third-order valence-corrected chi connectivity index (χ3v) is 3.17. The summed E-state index contributed by atoms with van der Waals surface area (Å²) < 4.78 is 0. The summed E-state index contributed by atoms with van der Waals surface area (Å²) in [6.45, 7) is 8.50. The number of anilines is 1. The third-order valence-electron chi connectivity index (χ3n) is 3.17. The van der Waals surface area contributed by atoms with Crippen molar-refractivity contribution in [2.75, 3.05) is 25.1 Å². The fourth-order valence-electron chi connectivity index (χ4n) is 1.86. The number of rotatable bonds is 7. The topological polar surface area (TPSA) is 35.5 Å². The van der Waals surface area contributed by atoms with Crippen molar-refractivity contribution in [3.63, 3.8) is 0 Å². The predicted molar refractivity (Wildman–Crippen MR) is 77.9 cm³/mol. The Morgan fingerprint density at radius 3 is 2.50 bits per heavy atom. The van der Waals surface area contributed by atoms with Crippen LogP contribution in [0.5, 0.6) is 0 Å². The molecule has 0 fully saturated rings. The molecule has 102 valence electrons. The second-order valence-electron chi connectivity index (χ2n) is 5.30. The highest BCUT2D eigenvalue weighted by atomic mass is 16.3. The molecule has 0 bridgehead atoms. The first kappa shape index (κ1) is 15.0. The molecule has 1 aromatic carbocycles. The first-order chi connectivity index (χ1) is 8.56. The molecule has 0 aliphatic heterocycles. The second kappa shape index (κ2) is 7.39. The van der Waals surface area contributed by atoms with Crippen LogP contribution < -0.4 is 10.2 Å². The lowest BCUT2D eigenvalue weighted by atomic mass is 10.1. The zero-order valence-electron chi connectivity index (χ0n) is 12.0. The van der Waals surface area contributed by atoms with E-state index in [9.17, 15) is 5.11 Å². The Morgan fingerprint density at radius 2 is 1.89 bits per heavy atom. The van der Waals surface area contributed by atoms with E-state index in [1.54, 1.807) is 0 Å². The molecule has 0 aliphatic rings.